The molecular weight excluding hydrogens is 413 g/mol. The van der Waals surface area contributed by atoms with E-state index >= 15 is 0 Å². The Kier molecular flexibility index (Phi) is 4.74. The van der Waals surface area contributed by atoms with Crippen molar-refractivity contribution < 1.29 is 17.5 Å². The third-order valence-corrected chi connectivity index (χ3v) is 9.31. The Morgan fingerprint density at radius 2 is 2.04 bits per heavy atom. The van der Waals surface area contributed by atoms with E-state index in [1.165, 1.54) is 23.6 Å². The van der Waals surface area contributed by atoms with E-state index in [0.29, 0.717) is 46.4 Å². The van der Waals surface area contributed by atoms with Crippen molar-refractivity contribution in [2.45, 2.75) is 23.6 Å². The summed E-state index contributed by atoms with van der Waals surface area (Å²) in [5.74, 6) is -0.488. The third kappa shape index (κ3) is 3.16. The van der Waals surface area contributed by atoms with Crippen LogP contribution in [0.5, 0.6) is 0 Å². The molecule has 2 aliphatic heterocycles. The molecule has 1 spiro atoms. The predicted molar refractivity (Wildman–Crippen MR) is 103 cm³/mol. The number of nitrogens with zero attached hydrogens (tertiary/aromatic N) is 2. The third-order valence-electron chi connectivity index (χ3n) is 5.04. The van der Waals surface area contributed by atoms with Crippen LogP contribution in [0, 0.1) is 5.82 Å². The second kappa shape index (κ2) is 6.80. The normalized spacial score (nSPS) is 23.9. The van der Waals surface area contributed by atoms with Gasteiger partial charge in [-0.2, -0.15) is 0 Å². The van der Waals surface area contributed by atoms with E-state index in [9.17, 15) is 12.8 Å². The molecule has 2 aromatic rings. The molecule has 0 aromatic carbocycles. The van der Waals surface area contributed by atoms with E-state index in [2.05, 4.69) is 9.98 Å². The fourth-order valence-electron chi connectivity index (χ4n) is 3.55. The van der Waals surface area contributed by atoms with E-state index in [0.717, 1.165) is 6.20 Å². The molecule has 6 nitrogen and oxygen atoms in total. The first-order chi connectivity index (χ1) is 12.8. The number of sulfone groups is 1. The van der Waals surface area contributed by atoms with Gasteiger partial charge in [0, 0.05) is 34.7 Å². The van der Waals surface area contributed by atoms with Gasteiger partial charge in [-0.1, -0.05) is 11.6 Å². The minimum absolute atomic E-state index is 0.125. The number of aromatic nitrogens is 1. The number of nitrogens with two attached hydrogens (primary N) is 1. The lowest BCUT2D eigenvalue weighted by molar-refractivity contribution is 0.0878. The molecule has 0 bridgehead atoms. The zero-order chi connectivity index (χ0) is 19.2. The summed E-state index contributed by atoms with van der Waals surface area (Å²) in [6.45, 7) is 0.688. The highest BCUT2D eigenvalue weighted by Gasteiger charge is 2.52. The number of thiophene rings is 1. The molecular formula is C17H17ClFN3O3S2. The number of ether oxygens (including phenoxy) is 1. The van der Waals surface area contributed by atoms with Gasteiger partial charge in [-0.25, -0.2) is 12.8 Å². The first kappa shape index (κ1) is 18.8. The Morgan fingerprint density at radius 1 is 1.30 bits per heavy atom. The van der Waals surface area contributed by atoms with E-state index in [4.69, 9.17) is 22.1 Å². The maximum atomic E-state index is 13.5. The van der Waals surface area contributed by atoms with Gasteiger partial charge in [0.1, 0.15) is 22.4 Å². The molecule has 0 aliphatic carbocycles. The second-order valence-corrected chi connectivity index (χ2v) is 10.5. The molecule has 10 heteroatoms. The molecule has 4 rings (SSSR count). The number of hydrogen-bond donors (Lipinski definition) is 1. The van der Waals surface area contributed by atoms with Gasteiger partial charge in [-0.3, -0.25) is 9.98 Å². The van der Waals surface area contributed by atoms with Crippen LogP contribution in [0.4, 0.5) is 4.39 Å². The summed E-state index contributed by atoms with van der Waals surface area (Å²) in [5, 5.41) is 0.388. The van der Waals surface area contributed by atoms with Gasteiger partial charge in [-0.15, -0.1) is 11.3 Å². The molecule has 144 valence electrons. The van der Waals surface area contributed by atoms with Crippen LogP contribution in [0.1, 0.15) is 23.8 Å². The molecule has 2 aromatic heterocycles. The van der Waals surface area contributed by atoms with Gasteiger partial charge in [0.25, 0.3) is 0 Å². The lowest BCUT2D eigenvalue weighted by atomic mass is 9.97. The summed E-state index contributed by atoms with van der Waals surface area (Å²) in [5.41, 5.74) is 6.73. The summed E-state index contributed by atoms with van der Waals surface area (Å²) in [7, 11) is -3.53. The molecule has 0 amide bonds. The first-order valence-electron chi connectivity index (χ1n) is 8.36. The van der Waals surface area contributed by atoms with Crippen molar-refractivity contribution in [2.24, 2.45) is 10.7 Å². The lowest BCUT2D eigenvalue weighted by Gasteiger charge is -2.39. The molecule has 0 saturated carbocycles. The molecule has 4 heterocycles. The maximum absolute atomic E-state index is 13.5. The van der Waals surface area contributed by atoms with Gasteiger partial charge in [-0.05, 0) is 25.0 Å². The smallest absolute Gasteiger partial charge is 0.165 e. The van der Waals surface area contributed by atoms with E-state index in [-0.39, 0.29) is 11.6 Å². The predicted octanol–water partition coefficient (Wildman–Crippen LogP) is 2.98. The molecule has 1 fully saturated rings. The minimum atomic E-state index is -3.53. The van der Waals surface area contributed by atoms with Crippen molar-refractivity contribution in [3.63, 3.8) is 0 Å². The van der Waals surface area contributed by atoms with Crippen molar-refractivity contribution in [1.82, 2.24) is 4.98 Å². The quantitative estimate of drug-likeness (QED) is 0.791. The Hall–Kier alpha value is -1.55. The summed E-state index contributed by atoms with van der Waals surface area (Å²) in [6.07, 6.45) is 3.28. The highest BCUT2D eigenvalue weighted by molar-refractivity contribution is 7.93. The summed E-state index contributed by atoms with van der Waals surface area (Å²) in [6, 6.07) is 2.36. The van der Waals surface area contributed by atoms with Crippen molar-refractivity contribution in [2.75, 3.05) is 19.0 Å². The van der Waals surface area contributed by atoms with Crippen LogP contribution in [0.2, 0.25) is 5.02 Å². The van der Waals surface area contributed by atoms with Crippen LogP contribution < -0.4 is 5.73 Å². The topological polar surface area (TPSA) is 94.6 Å². The Labute approximate surface area is 165 Å². The summed E-state index contributed by atoms with van der Waals surface area (Å²) in [4.78, 5) is 9.64. The molecule has 2 N–H and O–H groups in total. The fourth-order valence-corrected chi connectivity index (χ4v) is 7.28. The van der Waals surface area contributed by atoms with E-state index in [1.54, 1.807) is 6.07 Å². The van der Waals surface area contributed by atoms with Crippen LogP contribution in [-0.2, 0) is 14.6 Å². The molecule has 0 radical (unpaired) electrons. The Balaban J connectivity index is 1.73. The van der Waals surface area contributed by atoms with Crippen LogP contribution >= 0.6 is 22.9 Å². The highest BCUT2D eigenvalue weighted by Crippen LogP contribution is 2.44. The average molecular weight is 430 g/mol. The molecule has 2 aliphatic rings. The molecule has 27 heavy (non-hydrogen) atoms. The Morgan fingerprint density at radius 3 is 2.70 bits per heavy atom. The largest absolute Gasteiger partial charge is 0.386 e. The molecule has 1 unspecified atom stereocenters. The average Bonchev–Trinajstić information content (AvgIpc) is 3.02. The number of halogens is 2. The first-order valence-corrected chi connectivity index (χ1v) is 11.2. The van der Waals surface area contributed by atoms with Crippen LogP contribution in [0.25, 0.3) is 10.4 Å². The van der Waals surface area contributed by atoms with Crippen LogP contribution in [0.3, 0.4) is 0 Å². The van der Waals surface area contributed by atoms with Crippen LogP contribution in [0.15, 0.2) is 29.5 Å². The van der Waals surface area contributed by atoms with E-state index in [1.807, 2.05) is 0 Å². The van der Waals surface area contributed by atoms with Gasteiger partial charge in [0.2, 0.25) is 0 Å². The van der Waals surface area contributed by atoms with Crippen molar-refractivity contribution >= 4 is 38.6 Å². The number of rotatable bonds is 2. The fraction of sp³-hybridized carbons (Fsp3) is 0.412. The second-order valence-electron chi connectivity index (χ2n) is 6.63. The summed E-state index contributed by atoms with van der Waals surface area (Å²) < 4.78 is 43.8. The van der Waals surface area contributed by atoms with Gasteiger partial charge in [0.05, 0.1) is 17.0 Å². The van der Waals surface area contributed by atoms with Crippen LogP contribution in [-0.4, -0.2) is 43.0 Å². The zero-order valence-corrected chi connectivity index (χ0v) is 16.6. The standard InChI is InChI=1S/C17H17ClFN3O3S2/c18-12-6-14(10-5-11(19)8-21-7-10)26-15(12)13-9-27(23,24)17(16(20)22-13)1-3-25-4-2-17/h5-8,13H,1-4,9H2,(H2,20,22). The van der Waals surface area contributed by atoms with Crippen molar-refractivity contribution in [3.8, 4) is 10.4 Å². The molecule has 1 atom stereocenters. The maximum Gasteiger partial charge on any atom is 0.165 e. The SMILES string of the molecule is NC1=NC(c2sc(-c3cncc(F)c3)cc2Cl)CS(=O)(=O)C12CCOCC2. The van der Waals surface area contributed by atoms with Crippen molar-refractivity contribution in [3.05, 3.63) is 40.2 Å². The zero-order valence-electron chi connectivity index (χ0n) is 14.2. The van der Waals surface area contributed by atoms with Gasteiger partial charge < -0.3 is 10.5 Å². The number of amidine groups is 1. The minimum Gasteiger partial charge on any atom is -0.386 e. The van der Waals surface area contributed by atoms with Gasteiger partial charge >= 0.3 is 0 Å². The molecule has 1 saturated heterocycles. The monoisotopic (exact) mass is 429 g/mol. The number of pyridine rings is 1. The Bertz CT molecular complexity index is 1020. The highest BCUT2D eigenvalue weighted by atomic mass is 35.5. The van der Waals surface area contributed by atoms with Gasteiger partial charge in [0.15, 0.2) is 9.84 Å². The number of hydrogen-bond acceptors (Lipinski definition) is 7. The van der Waals surface area contributed by atoms with E-state index < -0.39 is 26.4 Å². The lowest BCUT2D eigenvalue weighted by Crippen LogP contribution is -2.57. The summed E-state index contributed by atoms with van der Waals surface area (Å²) >= 11 is 7.63. The number of aliphatic imine (C=N–C) groups is 1. The van der Waals surface area contributed by atoms with Crippen molar-refractivity contribution in [1.29, 1.82) is 0 Å².